The third-order valence-corrected chi connectivity index (χ3v) is 2.92. The van der Waals surface area contributed by atoms with E-state index in [1.54, 1.807) is 7.11 Å². The number of ketones is 1. The molecule has 2 nitrogen and oxygen atoms in total. The molecule has 0 spiro atoms. The summed E-state index contributed by atoms with van der Waals surface area (Å²) in [6.45, 7) is 0. The topological polar surface area (TPSA) is 26.3 Å². The number of fused-ring (bicyclic) bond motifs is 1. The Hall–Kier alpha value is -0.580. The highest BCUT2D eigenvalue weighted by Gasteiger charge is 2.23. The number of hydrogen-bond acceptors (Lipinski definition) is 2. The molecule has 0 aliphatic heterocycles. The molecule has 2 rings (SSSR count). The van der Waals surface area contributed by atoms with Gasteiger partial charge in [-0.25, -0.2) is 0 Å². The molecule has 0 N–H and O–H groups in total. The van der Waals surface area contributed by atoms with Gasteiger partial charge in [0.05, 0.1) is 7.11 Å². The third kappa shape index (κ3) is 1.45. The maximum absolute atomic E-state index is 11.4. The van der Waals surface area contributed by atoms with E-state index in [0.29, 0.717) is 6.42 Å². The summed E-state index contributed by atoms with van der Waals surface area (Å²) in [5, 5.41) is 0. The summed E-state index contributed by atoms with van der Waals surface area (Å²) in [5.41, 5.74) is 1.93. The van der Waals surface area contributed by atoms with E-state index in [1.165, 1.54) is 0 Å². The largest absolute Gasteiger partial charge is 0.496 e. The molecule has 1 aromatic rings. The Morgan fingerprint density at radius 1 is 1.38 bits per heavy atom. The lowest BCUT2D eigenvalue weighted by Gasteiger charge is -2.06. The van der Waals surface area contributed by atoms with Crippen molar-refractivity contribution in [1.29, 1.82) is 0 Å². The van der Waals surface area contributed by atoms with E-state index in [2.05, 4.69) is 22.6 Å². The maximum atomic E-state index is 11.4. The van der Waals surface area contributed by atoms with Gasteiger partial charge in [-0.2, -0.15) is 0 Å². The zero-order chi connectivity index (χ0) is 9.42. The summed E-state index contributed by atoms with van der Waals surface area (Å²) in [6, 6.07) is 3.91. The van der Waals surface area contributed by atoms with Crippen LogP contribution in [0.25, 0.3) is 0 Å². The van der Waals surface area contributed by atoms with Crippen molar-refractivity contribution in [2.24, 2.45) is 0 Å². The van der Waals surface area contributed by atoms with Crippen LogP contribution in [-0.2, 0) is 6.42 Å². The van der Waals surface area contributed by atoms with Gasteiger partial charge in [0.25, 0.3) is 0 Å². The average molecular weight is 288 g/mol. The van der Waals surface area contributed by atoms with Crippen molar-refractivity contribution >= 4 is 28.4 Å². The molecule has 0 fully saturated rings. The molecule has 13 heavy (non-hydrogen) atoms. The van der Waals surface area contributed by atoms with Gasteiger partial charge in [0.15, 0.2) is 5.78 Å². The molecule has 0 atom stereocenters. The molecule has 1 aliphatic carbocycles. The van der Waals surface area contributed by atoms with Crippen LogP contribution >= 0.6 is 22.6 Å². The van der Waals surface area contributed by atoms with Crippen LogP contribution in [0.2, 0.25) is 0 Å². The zero-order valence-corrected chi connectivity index (χ0v) is 9.42. The van der Waals surface area contributed by atoms with Crippen molar-refractivity contribution in [2.45, 2.75) is 12.8 Å². The normalized spacial score (nSPS) is 14.5. The monoisotopic (exact) mass is 288 g/mol. The second kappa shape index (κ2) is 3.29. The maximum Gasteiger partial charge on any atom is 0.163 e. The Morgan fingerprint density at radius 3 is 2.85 bits per heavy atom. The Balaban J connectivity index is 2.63. The summed E-state index contributed by atoms with van der Waals surface area (Å²) in [6.07, 6.45) is 1.46. The molecule has 0 saturated heterocycles. The summed E-state index contributed by atoms with van der Waals surface area (Å²) < 4.78 is 6.29. The predicted molar refractivity (Wildman–Crippen MR) is 58.4 cm³/mol. The number of halogens is 1. The van der Waals surface area contributed by atoms with Crippen molar-refractivity contribution < 1.29 is 9.53 Å². The SMILES string of the molecule is COc1cc(I)cc2c1CCC2=O. The van der Waals surface area contributed by atoms with Crippen LogP contribution < -0.4 is 4.74 Å². The van der Waals surface area contributed by atoms with E-state index < -0.39 is 0 Å². The van der Waals surface area contributed by atoms with Crippen molar-refractivity contribution in [2.75, 3.05) is 7.11 Å². The number of methoxy groups -OCH3 is 1. The number of benzene rings is 1. The molecule has 0 heterocycles. The Morgan fingerprint density at radius 2 is 2.15 bits per heavy atom. The van der Waals surface area contributed by atoms with E-state index in [9.17, 15) is 4.79 Å². The lowest BCUT2D eigenvalue weighted by Crippen LogP contribution is -1.95. The Labute approximate surface area is 90.4 Å². The molecule has 68 valence electrons. The van der Waals surface area contributed by atoms with Crippen molar-refractivity contribution in [1.82, 2.24) is 0 Å². The van der Waals surface area contributed by atoms with Crippen LogP contribution in [0.15, 0.2) is 12.1 Å². The van der Waals surface area contributed by atoms with Crippen molar-refractivity contribution in [3.8, 4) is 5.75 Å². The van der Waals surface area contributed by atoms with Gasteiger partial charge in [-0.15, -0.1) is 0 Å². The molecular formula is C10H9IO2. The molecule has 0 amide bonds. The van der Waals surface area contributed by atoms with Gasteiger partial charge in [-0.1, -0.05) is 0 Å². The molecule has 0 saturated carbocycles. The molecule has 0 unspecified atom stereocenters. The lowest BCUT2D eigenvalue weighted by molar-refractivity contribution is 0.0994. The second-order valence-corrected chi connectivity index (χ2v) is 4.30. The number of carbonyl (C=O) groups excluding carboxylic acids is 1. The van der Waals surface area contributed by atoms with Crippen LogP contribution in [0.4, 0.5) is 0 Å². The average Bonchev–Trinajstić information content (AvgIpc) is 2.47. The first-order valence-electron chi connectivity index (χ1n) is 4.12. The summed E-state index contributed by atoms with van der Waals surface area (Å²) in [7, 11) is 1.65. The molecule has 0 aromatic heterocycles. The molecule has 0 radical (unpaired) electrons. The van der Waals surface area contributed by atoms with Gasteiger partial charge >= 0.3 is 0 Å². The summed E-state index contributed by atoms with van der Waals surface area (Å²) in [4.78, 5) is 11.4. The Kier molecular flexibility index (Phi) is 2.27. The molecule has 1 aliphatic rings. The first kappa shape index (κ1) is 8.99. The van der Waals surface area contributed by atoms with Gasteiger partial charge in [0.2, 0.25) is 0 Å². The van der Waals surface area contributed by atoms with Gasteiger partial charge in [0.1, 0.15) is 5.75 Å². The highest BCUT2D eigenvalue weighted by atomic mass is 127. The molecule has 3 heteroatoms. The quantitative estimate of drug-likeness (QED) is 0.742. The number of Topliss-reactive ketones (excluding diaryl/α,β-unsaturated/α-hetero) is 1. The van der Waals surface area contributed by atoms with Crippen LogP contribution in [0.3, 0.4) is 0 Å². The summed E-state index contributed by atoms with van der Waals surface area (Å²) in [5.74, 6) is 1.10. The number of hydrogen-bond donors (Lipinski definition) is 0. The van der Waals surface area contributed by atoms with E-state index in [1.807, 2.05) is 12.1 Å². The molecule has 1 aromatic carbocycles. The van der Waals surface area contributed by atoms with E-state index in [4.69, 9.17) is 4.74 Å². The minimum Gasteiger partial charge on any atom is -0.496 e. The van der Waals surface area contributed by atoms with Crippen LogP contribution in [0, 0.1) is 3.57 Å². The Bertz CT molecular complexity index is 371. The number of carbonyl (C=O) groups is 1. The van der Waals surface area contributed by atoms with Gasteiger partial charge in [-0.3, -0.25) is 4.79 Å². The second-order valence-electron chi connectivity index (χ2n) is 3.06. The standard InChI is InChI=1S/C10H9IO2/c1-13-10-5-6(11)4-8-7(10)2-3-9(8)12/h4-5H,2-3H2,1H3. The number of ether oxygens (including phenoxy) is 1. The van der Waals surface area contributed by atoms with E-state index in [-0.39, 0.29) is 5.78 Å². The fourth-order valence-electron chi connectivity index (χ4n) is 1.67. The first-order chi connectivity index (χ1) is 6.22. The molecular weight excluding hydrogens is 279 g/mol. The van der Waals surface area contributed by atoms with Gasteiger partial charge in [-0.05, 0) is 41.1 Å². The summed E-state index contributed by atoms with van der Waals surface area (Å²) >= 11 is 2.20. The first-order valence-corrected chi connectivity index (χ1v) is 5.20. The molecule has 0 bridgehead atoms. The minimum absolute atomic E-state index is 0.242. The van der Waals surface area contributed by atoms with Crippen LogP contribution in [0.1, 0.15) is 22.3 Å². The predicted octanol–water partition coefficient (Wildman–Crippen LogP) is 2.43. The number of rotatable bonds is 1. The van der Waals surface area contributed by atoms with Crippen molar-refractivity contribution in [3.05, 3.63) is 26.8 Å². The van der Waals surface area contributed by atoms with Crippen molar-refractivity contribution in [3.63, 3.8) is 0 Å². The van der Waals surface area contributed by atoms with Gasteiger partial charge < -0.3 is 4.74 Å². The minimum atomic E-state index is 0.242. The lowest BCUT2D eigenvalue weighted by atomic mass is 10.1. The third-order valence-electron chi connectivity index (χ3n) is 2.30. The fraction of sp³-hybridized carbons (Fsp3) is 0.300. The van der Waals surface area contributed by atoms with Crippen LogP contribution in [0.5, 0.6) is 5.75 Å². The van der Waals surface area contributed by atoms with E-state index in [0.717, 1.165) is 26.9 Å². The highest BCUT2D eigenvalue weighted by Crippen LogP contribution is 2.32. The van der Waals surface area contributed by atoms with E-state index >= 15 is 0 Å². The zero-order valence-electron chi connectivity index (χ0n) is 7.26. The smallest absolute Gasteiger partial charge is 0.163 e. The van der Waals surface area contributed by atoms with Gasteiger partial charge in [0, 0.05) is 21.1 Å². The fourth-order valence-corrected chi connectivity index (χ4v) is 2.27. The van der Waals surface area contributed by atoms with Crippen LogP contribution in [-0.4, -0.2) is 12.9 Å². The highest BCUT2D eigenvalue weighted by molar-refractivity contribution is 14.1.